The number of carbonyl (C=O) groups excluding carboxylic acids is 3. The summed E-state index contributed by atoms with van der Waals surface area (Å²) in [6.45, 7) is -0.206. The molecule has 3 amide bonds. The van der Waals surface area contributed by atoms with Gasteiger partial charge in [-0.05, 0) is 42.3 Å². The lowest BCUT2D eigenvalue weighted by Gasteiger charge is -2.29. The molecule has 0 aromatic heterocycles. The zero-order valence-corrected chi connectivity index (χ0v) is 14.0. The predicted molar refractivity (Wildman–Crippen MR) is 96.3 cm³/mol. The summed E-state index contributed by atoms with van der Waals surface area (Å²) in [5.74, 6) is 0.0336. The highest BCUT2D eigenvalue weighted by Crippen LogP contribution is 2.30. The monoisotopic (exact) mass is 351 g/mol. The van der Waals surface area contributed by atoms with Crippen LogP contribution >= 0.6 is 0 Å². The summed E-state index contributed by atoms with van der Waals surface area (Å²) in [4.78, 5) is 37.2. The summed E-state index contributed by atoms with van der Waals surface area (Å²) in [7, 11) is 0. The summed E-state index contributed by atoms with van der Waals surface area (Å²) in [6, 6.07) is 12.5. The second-order valence-corrected chi connectivity index (χ2v) is 6.20. The largest absolute Gasteiger partial charge is 0.484 e. The molecule has 0 fully saturated rings. The first-order chi connectivity index (χ1) is 12.6. The molecule has 2 aromatic rings. The molecule has 0 saturated carbocycles. The second-order valence-electron chi connectivity index (χ2n) is 6.20. The highest BCUT2D eigenvalue weighted by molar-refractivity contribution is 6.10. The van der Waals surface area contributed by atoms with Crippen molar-refractivity contribution in [3.8, 4) is 5.75 Å². The fourth-order valence-corrected chi connectivity index (χ4v) is 3.13. The first-order valence-electron chi connectivity index (χ1n) is 8.35. The number of carbonyl (C=O) groups is 3. The van der Waals surface area contributed by atoms with E-state index < -0.39 is 0 Å². The fourth-order valence-electron chi connectivity index (χ4n) is 3.13. The molecule has 7 heteroatoms. The summed E-state index contributed by atoms with van der Waals surface area (Å²) in [5, 5.41) is 5.55. The Labute approximate surface area is 149 Å². The van der Waals surface area contributed by atoms with Crippen LogP contribution in [0.3, 0.4) is 0 Å². The van der Waals surface area contributed by atoms with Gasteiger partial charge in [-0.1, -0.05) is 12.1 Å². The molecule has 4 rings (SSSR count). The van der Waals surface area contributed by atoms with Crippen LogP contribution in [0, 0.1) is 0 Å². The summed E-state index contributed by atoms with van der Waals surface area (Å²) < 4.78 is 5.63. The van der Waals surface area contributed by atoms with Crippen molar-refractivity contribution in [2.24, 2.45) is 0 Å². The number of ether oxygens (including phenoxy) is 1. The van der Waals surface area contributed by atoms with Crippen molar-refractivity contribution in [3.05, 3.63) is 48.0 Å². The molecule has 2 aliphatic rings. The maximum atomic E-state index is 12.6. The Morgan fingerprint density at radius 1 is 1.00 bits per heavy atom. The van der Waals surface area contributed by atoms with Crippen molar-refractivity contribution < 1.29 is 19.1 Å². The molecular formula is C19H17N3O4. The lowest BCUT2D eigenvalue weighted by molar-refractivity contribution is -0.123. The van der Waals surface area contributed by atoms with Gasteiger partial charge in [-0.25, -0.2) is 0 Å². The van der Waals surface area contributed by atoms with Gasteiger partial charge in [0.15, 0.2) is 6.61 Å². The van der Waals surface area contributed by atoms with E-state index in [1.807, 2.05) is 12.1 Å². The van der Waals surface area contributed by atoms with Gasteiger partial charge >= 0.3 is 0 Å². The molecule has 2 aromatic carbocycles. The van der Waals surface area contributed by atoms with E-state index >= 15 is 0 Å². The molecule has 0 atom stereocenters. The molecule has 2 heterocycles. The van der Waals surface area contributed by atoms with Crippen molar-refractivity contribution in [2.75, 3.05) is 28.7 Å². The number of hydrogen-bond donors (Lipinski definition) is 2. The Bertz CT molecular complexity index is 909. The number of hydrogen-bond acceptors (Lipinski definition) is 4. The van der Waals surface area contributed by atoms with E-state index in [0.717, 1.165) is 11.3 Å². The Morgan fingerprint density at radius 3 is 2.69 bits per heavy atom. The van der Waals surface area contributed by atoms with Gasteiger partial charge in [0.25, 0.3) is 5.91 Å². The van der Waals surface area contributed by atoms with Crippen molar-refractivity contribution in [2.45, 2.75) is 12.8 Å². The standard InChI is InChI=1S/C19H17N3O4/c23-17-8-5-12-9-13(6-7-14(12)20-17)26-11-19(25)22-10-18(24)21-15-3-1-2-4-16(15)22/h1-4,6-7,9H,5,8,10-11H2,(H,20,23)(H,21,24). The molecule has 0 aliphatic carbocycles. The van der Waals surface area contributed by atoms with E-state index in [-0.39, 0.29) is 30.9 Å². The molecule has 0 saturated heterocycles. The van der Waals surface area contributed by atoms with Crippen LogP contribution in [0.4, 0.5) is 17.1 Å². The van der Waals surface area contributed by atoms with E-state index in [1.54, 1.807) is 30.3 Å². The number of nitrogens with zero attached hydrogens (tertiary/aromatic N) is 1. The third-order valence-electron chi connectivity index (χ3n) is 4.41. The quantitative estimate of drug-likeness (QED) is 0.885. The lowest BCUT2D eigenvalue weighted by Crippen LogP contribution is -2.44. The van der Waals surface area contributed by atoms with Gasteiger partial charge in [0.05, 0.1) is 11.4 Å². The molecule has 0 spiro atoms. The number of fused-ring (bicyclic) bond motifs is 2. The number of nitrogens with one attached hydrogen (secondary N) is 2. The average molecular weight is 351 g/mol. The van der Waals surface area contributed by atoms with Crippen molar-refractivity contribution in [1.82, 2.24) is 0 Å². The van der Waals surface area contributed by atoms with E-state index in [4.69, 9.17) is 4.74 Å². The Balaban J connectivity index is 1.46. The summed E-state index contributed by atoms with van der Waals surface area (Å²) in [6.07, 6.45) is 1.08. The third kappa shape index (κ3) is 3.11. The molecule has 2 aliphatic heterocycles. The molecule has 26 heavy (non-hydrogen) atoms. The number of aryl methyl sites for hydroxylation is 1. The van der Waals surface area contributed by atoms with Gasteiger partial charge in [-0.2, -0.15) is 0 Å². The van der Waals surface area contributed by atoms with Gasteiger partial charge in [0.1, 0.15) is 12.3 Å². The van der Waals surface area contributed by atoms with Crippen molar-refractivity contribution in [1.29, 1.82) is 0 Å². The van der Waals surface area contributed by atoms with Gasteiger partial charge in [-0.3, -0.25) is 19.3 Å². The third-order valence-corrected chi connectivity index (χ3v) is 4.41. The van der Waals surface area contributed by atoms with Crippen molar-refractivity contribution >= 4 is 34.8 Å². The topological polar surface area (TPSA) is 87.7 Å². The van der Waals surface area contributed by atoms with Crippen LogP contribution in [-0.2, 0) is 20.8 Å². The van der Waals surface area contributed by atoms with Gasteiger partial charge in [-0.15, -0.1) is 0 Å². The van der Waals surface area contributed by atoms with E-state index in [1.165, 1.54) is 4.90 Å². The Morgan fingerprint density at radius 2 is 1.81 bits per heavy atom. The SMILES string of the molecule is O=C1CCc2cc(OCC(=O)N3CC(=O)Nc4ccccc43)ccc2N1. The molecule has 0 radical (unpaired) electrons. The van der Waals surface area contributed by atoms with Crippen molar-refractivity contribution in [3.63, 3.8) is 0 Å². The number of anilines is 3. The average Bonchev–Trinajstić information content (AvgIpc) is 2.65. The van der Waals surface area contributed by atoms with E-state index in [0.29, 0.717) is 30.0 Å². The zero-order valence-electron chi connectivity index (χ0n) is 14.0. The van der Waals surface area contributed by atoms with E-state index in [9.17, 15) is 14.4 Å². The maximum absolute atomic E-state index is 12.6. The minimum atomic E-state index is -0.293. The van der Waals surface area contributed by atoms with Gasteiger partial charge < -0.3 is 15.4 Å². The van der Waals surface area contributed by atoms with Crippen LogP contribution in [0.25, 0.3) is 0 Å². The lowest BCUT2D eigenvalue weighted by atomic mass is 10.0. The summed E-state index contributed by atoms with van der Waals surface area (Å²) >= 11 is 0. The molecule has 0 unspecified atom stereocenters. The first kappa shape index (κ1) is 16.1. The normalized spacial score (nSPS) is 15.5. The fraction of sp³-hybridized carbons (Fsp3) is 0.211. The van der Waals surface area contributed by atoms with Crippen LogP contribution in [0.15, 0.2) is 42.5 Å². The van der Waals surface area contributed by atoms with Crippen LogP contribution < -0.4 is 20.3 Å². The Hall–Kier alpha value is -3.35. The Kier molecular flexibility index (Phi) is 4.04. The molecule has 0 bridgehead atoms. The van der Waals surface area contributed by atoms with Crippen LogP contribution in [0.5, 0.6) is 5.75 Å². The highest BCUT2D eigenvalue weighted by atomic mass is 16.5. The number of amides is 3. The first-order valence-corrected chi connectivity index (χ1v) is 8.35. The molecule has 132 valence electrons. The minimum Gasteiger partial charge on any atom is -0.484 e. The number of benzene rings is 2. The summed E-state index contributed by atoms with van der Waals surface area (Å²) in [5.41, 5.74) is 3.04. The molecule has 7 nitrogen and oxygen atoms in total. The minimum absolute atomic E-state index is 0.00314. The van der Waals surface area contributed by atoms with Crippen LogP contribution in [0.1, 0.15) is 12.0 Å². The molecular weight excluding hydrogens is 334 g/mol. The predicted octanol–water partition coefficient (Wildman–Crippen LogP) is 1.94. The number of rotatable bonds is 3. The highest BCUT2D eigenvalue weighted by Gasteiger charge is 2.26. The van der Waals surface area contributed by atoms with Crippen LogP contribution in [-0.4, -0.2) is 30.9 Å². The molecule has 2 N–H and O–H groups in total. The maximum Gasteiger partial charge on any atom is 0.265 e. The van der Waals surface area contributed by atoms with Crippen LogP contribution in [0.2, 0.25) is 0 Å². The second kappa shape index (κ2) is 6.51. The van der Waals surface area contributed by atoms with E-state index in [2.05, 4.69) is 10.6 Å². The number of para-hydroxylation sites is 2. The smallest absolute Gasteiger partial charge is 0.265 e. The van der Waals surface area contributed by atoms with Gasteiger partial charge in [0.2, 0.25) is 11.8 Å². The van der Waals surface area contributed by atoms with Gasteiger partial charge in [0, 0.05) is 12.1 Å². The zero-order chi connectivity index (χ0) is 18.1.